The van der Waals surface area contributed by atoms with Crippen molar-refractivity contribution in [2.75, 3.05) is 34.3 Å². The summed E-state index contributed by atoms with van der Waals surface area (Å²) in [6, 6.07) is 0.523. The monoisotopic (exact) mass is 230 g/mol. The van der Waals surface area contributed by atoms with E-state index in [0.717, 1.165) is 13.0 Å². The van der Waals surface area contributed by atoms with Crippen molar-refractivity contribution in [2.45, 2.75) is 51.7 Å². The number of methoxy groups -OCH3 is 1. The van der Waals surface area contributed by atoms with Gasteiger partial charge in [0.25, 0.3) is 0 Å². The second-order valence-corrected chi connectivity index (χ2v) is 5.53. The number of rotatable bonds is 9. The van der Waals surface area contributed by atoms with Crippen LogP contribution in [0.15, 0.2) is 0 Å². The van der Waals surface area contributed by atoms with Gasteiger partial charge in [0, 0.05) is 13.2 Å². The second kappa shape index (κ2) is 8.04. The van der Waals surface area contributed by atoms with Crippen LogP contribution in [0, 0.1) is 0 Å². The minimum Gasteiger partial charge on any atom is -0.379 e. The highest BCUT2D eigenvalue weighted by molar-refractivity contribution is 4.75. The maximum Gasteiger partial charge on any atom is 0.0637 e. The van der Waals surface area contributed by atoms with Crippen LogP contribution in [0.4, 0.5) is 0 Å². The fourth-order valence-electron chi connectivity index (χ4n) is 1.79. The standard InChI is InChI=1S/C13H30N2O/c1-12(11-13(2,3)16-6)14-9-7-8-10-15(4)5/h12,14H,7-11H2,1-6H3. The van der Waals surface area contributed by atoms with Crippen molar-refractivity contribution in [3.63, 3.8) is 0 Å². The maximum absolute atomic E-state index is 5.42. The Morgan fingerprint density at radius 2 is 1.88 bits per heavy atom. The number of nitrogens with zero attached hydrogens (tertiary/aromatic N) is 1. The molecule has 1 atom stereocenters. The minimum absolute atomic E-state index is 0.0178. The highest BCUT2D eigenvalue weighted by atomic mass is 16.5. The van der Waals surface area contributed by atoms with Gasteiger partial charge in [0.1, 0.15) is 0 Å². The molecule has 98 valence electrons. The van der Waals surface area contributed by atoms with E-state index in [2.05, 4.69) is 45.1 Å². The number of unbranched alkanes of at least 4 members (excludes halogenated alkanes) is 1. The zero-order chi connectivity index (χ0) is 12.6. The smallest absolute Gasteiger partial charge is 0.0637 e. The summed E-state index contributed by atoms with van der Waals surface area (Å²) in [6.07, 6.45) is 3.56. The van der Waals surface area contributed by atoms with E-state index >= 15 is 0 Å². The lowest BCUT2D eigenvalue weighted by molar-refractivity contribution is 0.00859. The Morgan fingerprint density at radius 1 is 1.25 bits per heavy atom. The van der Waals surface area contributed by atoms with Crippen LogP contribution in [0.2, 0.25) is 0 Å². The number of hydrogen-bond acceptors (Lipinski definition) is 3. The summed E-state index contributed by atoms with van der Waals surface area (Å²) in [6.45, 7) is 8.79. The zero-order valence-electron chi connectivity index (χ0n) is 12.0. The predicted molar refractivity (Wildman–Crippen MR) is 71.0 cm³/mol. The molecule has 0 aliphatic carbocycles. The first-order chi connectivity index (χ1) is 7.37. The summed E-state index contributed by atoms with van der Waals surface area (Å²) in [4.78, 5) is 2.23. The average molecular weight is 230 g/mol. The molecular formula is C13H30N2O. The molecule has 0 amide bonds. The molecular weight excluding hydrogens is 200 g/mol. The van der Waals surface area contributed by atoms with Gasteiger partial charge in [0.2, 0.25) is 0 Å². The zero-order valence-corrected chi connectivity index (χ0v) is 12.0. The molecule has 0 aliphatic heterocycles. The van der Waals surface area contributed by atoms with E-state index in [1.165, 1.54) is 19.4 Å². The fourth-order valence-corrected chi connectivity index (χ4v) is 1.79. The highest BCUT2D eigenvalue weighted by Crippen LogP contribution is 2.15. The summed E-state index contributed by atoms with van der Waals surface area (Å²) in [7, 11) is 6.03. The minimum atomic E-state index is -0.0178. The van der Waals surface area contributed by atoms with Crippen molar-refractivity contribution in [1.82, 2.24) is 10.2 Å². The second-order valence-electron chi connectivity index (χ2n) is 5.53. The van der Waals surface area contributed by atoms with Gasteiger partial charge in [0.15, 0.2) is 0 Å². The molecule has 0 aliphatic rings. The molecule has 0 aromatic carbocycles. The molecule has 0 aromatic heterocycles. The van der Waals surface area contributed by atoms with E-state index in [-0.39, 0.29) is 5.60 Å². The lowest BCUT2D eigenvalue weighted by Crippen LogP contribution is -2.36. The van der Waals surface area contributed by atoms with Crippen LogP contribution in [0.1, 0.15) is 40.0 Å². The largest absolute Gasteiger partial charge is 0.379 e. The van der Waals surface area contributed by atoms with Crippen molar-refractivity contribution >= 4 is 0 Å². The van der Waals surface area contributed by atoms with Crippen molar-refractivity contribution < 1.29 is 4.74 Å². The van der Waals surface area contributed by atoms with E-state index in [9.17, 15) is 0 Å². The lowest BCUT2D eigenvalue weighted by atomic mass is 10.00. The lowest BCUT2D eigenvalue weighted by Gasteiger charge is -2.27. The molecule has 0 saturated heterocycles. The normalized spacial score (nSPS) is 14.4. The van der Waals surface area contributed by atoms with E-state index in [0.29, 0.717) is 6.04 Å². The fraction of sp³-hybridized carbons (Fsp3) is 1.00. The van der Waals surface area contributed by atoms with Gasteiger partial charge in [-0.05, 0) is 67.2 Å². The van der Waals surface area contributed by atoms with Crippen molar-refractivity contribution in [3.8, 4) is 0 Å². The summed E-state index contributed by atoms with van der Waals surface area (Å²) in [5.74, 6) is 0. The SMILES string of the molecule is COC(C)(C)CC(C)NCCCCN(C)C. The third kappa shape index (κ3) is 9.13. The Balaban J connectivity index is 3.47. The number of hydrogen-bond donors (Lipinski definition) is 1. The van der Waals surface area contributed by atoms with Gasteiger partial charge < -0.3 is 15.0 Å². The molecule has 0 bridgehead atoms. The van der Waals surface area contributed by atoms with Crippen LogP contribution in [-0.2, 0) is 4.74 Å². The van der Waals surface area contributed by atoms with Gasteiger partial charge in [0.05, 0.1) is 5.60 Å². The number of nitrogens with one attached hydrogen (secondary N) is 1. The van der Waals surface area contributed by atoms with Gasteiger partial charge in [-0.15, -0.1) is 0 Å². The predicted octanol–water partition coefficient (Wildman–Crippen LogP) is 2.12. The Hall–Kier alpha value is -0.120. The van der Waals surface area contributed by atoms with Crippen LogP contribution < -0.4 is 5.32 Å². The Morgan fingerprint density at radius 3 is 2.38 bits per heavy atom. The van der Waals surface area contributed by atoms with Crippen molar-refractivity contribution in [1.29, 1.82) is 0 Å². The van der Waals surface area contributed by atoms with Gasteiger partial charge in [-0.1, -0.05) is 0 Å². The number of ether oxygens (including phenoxy) is 1. The molecule has 16 heavy (non-hydrogen) atoms. The van der Waals surface area contributed by atoms with Gasteiger partial charge in [-0.3, -0.25) is 0 Å². The molecule has 0 fully saturated rings. The summed E-state index contributed by atoms with van der Waals surface area (Å²) < 4.78 is 5.42. The summed E-state index contributed by atoms with van der Waals surface area (Å²) in [5.41, 5.74) is -0.0178. The molecule has 0 rings (SSSR count). The highest BCUT2D eigenvalue weighted by Gasteiger charge is 2.19. The maximum atomic E-state index is 5.42. The summed E-state index contributed by atoms with van der Waals surface area (Å²) in [5, 5.41) is 3.55. The first kappa shape index (κ1) is 15.9. The van der Waals surface area contributed by atoms with Gasteiger partial charge >= 0.3 is 0 Å². The van der Waals surface area contributed by atoms with E-state index in [4.69, 9.17) is 4.74 Å². The summed E-state index contributed by atoms with van der Waals surface area (Å²) >= 11 is 0. The van der Waals surface area contributed by atoms with E-state index < -0.39 is 0 Å². The molecule has 1 N–H and O–H groups in total. The molecule has 0 aromatic rings. The van der Waals surface area contributed by atoms with E-state index in [1.807, 2.05) is 0 Å². The van der Waals surface area contributed by atoms with Crippen molar-refractivity contribution in [2.24, 2.45) is 0 Å². The molecule has 0 radical (unpaired) electrons. The molecule has 0 saturated carbocycles. The first-order valence-corrected chi connectivity index (χ1v) is 6.30. The van der Waals surface area contributed by atoms with Crippen LogP contribution in [0.25, 0.3) is 0 Å². The molecule has 0 spiro atoms. The Bertz CT molecular complexity index is 169. The third-order valence-electron chi connectivity index (χ3n) is 2.88. The van der Waals surface area contributed by atoms with Gasteiger partial charge in [-0.2, -0.15) is 0 Å². The Kier molecular flexibility index (Phi) is 7.98. The van der Waals surface area contributed by atoms with Crippen LogP contribution >= 0.6 is 0 Å². The van der Waals surface area contributed by atoms with E-state index in [1.54, 1.807) is 7.11 Å². The van der Waals surface area contributed by atoms with Gasteiger partial charge in [-0.25, -0.2) is 0 Å². The molecule has 1 unspecified atom stereocenters. The van der Waals surface area contributed by atoms with Crippen LogP contribution in [-0.4, -0.2) is 50.8 Å². The van der Waals surface area contributed by atoms with Crippen LogP contribution in [0.5, 0.6) is 0 Å². The topological polar surface area (TPSA) is 24.5 Å². The average Bonchev–Trinajstić information content (AvgIpc) is 2.16. The molecule has 3 heteroatoms. The van der Waals surface area contributed by atoms with Crippen molar-refractivity contribution in [3.05, 3.63) is 0 Å². The first-order valence-electron chi connectivity index (χ1n) is 6.30. The third-order valence-corrected chi connectivity index (χ3v) is 2.88. The van der Waals surface area contributed by atoms with Crippen LogP contribution in [0.3, 0.4) is 0 Å². The quantitative estimate of drug-likeness (QED) is 0.614. The molecule has 0 heterocycles. The Labute approximate surface area is 102 Å². The molecule has 3 nitrogen and oxygen atoms in total.